The van der Waals surface area contributed by atoms with Crippen LogP contribution < -0.4 is 9.80 Å². The second-order valence-electron chi connectivity index (χ2n) is 23.2. The van der Waals surface area contributed by atoms with Crippen molar-refractivity contribution in [3.05, 3.63) is 202 Å². The number of fused-ring (bicyclic) bond motifs is 4. The third kappa shape index (κ3) is 6.33. The van der Waals surface area contributed by atoms with Crippen molar-refractivity contribution in [3.8, 4) is 20.9 Å². The van der Waals surface area contributed by atoms with Gasteiger partial charge in [0.25, 0.3) is 23.6 Å². The number of imide groups is 2. The summed E-state index contributed by atoms with van der Waals surface area (Å²) in [4.78, 5) is 64.7. The van der Waals surface area contributed by atoms with Crippen molar-refractivity contribution >= 4 is 133 Å². The second-order valence-corrected chi connectivity index (χ2v) is 24.2. The highest BCUT2D eigenvalue weighted by molar-refractivity contribution is 7.19. The molecule has 13 aromatic rings. The molecule has 2 aliphatic heterocycles. The van der Waals surface area contributed by atoms with E-state index < -0.39 is 0 Å². The van der Waals surface area contributed by atoms with Crippen molar-refractivity contribution in [2.24, 2.45) is 0 Å². The van der Waals surface area contributed by atoms with Crippen molar-refractivity contribution in [1.29, 1.82) is 0 Å². The Bertz CT molecular complexity index is 4400. The molecule has 0 aliphatic carbocycles. The molecule has 382 valence electrons. The standard InChI is InChI=1S/C72H54N2O4S/c1-35(2)39-13-9-14-40(36(3)4)67(39)73-69(75)55-29-25-51-47-19-11-17-45-43(21-23-49(61(45)47)53-27-31-57(71(73)77)65(55)63(51)53)59-33-34-60(79-59)44-22-24-50-54-28-32-58-66-56(30-26-52(64(54)66)48-20-12-18-46(44)62(48)50)70(76)74(72(58)78)68-41(37(5)6)15-10-16-42(68)38(7)8/h9-38H,1-8H3. The summed E-state index contributed by atoms with van der Waals surface area (Å²) < 4.78 is 0. The van der Waals surface area contributed by atoms with Gasteiger partial charge in [0.2, 0.25) is 0 Å². The number of thiophene rings is 1. The molecule has 12 aromatic carbocycles. The summed E-state index contributed by atoms with van der Waals surface area (Å²) >= 11 is 1.78. The molecule has 79 heavy (non-hydrogen) atoms. The molecule has 0 radical (unpaired) electrons. The fraction of sp³-hybridized carbons (Fsp3) is 0.167. The van der Waals surface area contributed by atoms with Crippen molar-refractivity contribution < 1.29 is 19.2 Å². The molecule has 2 aliphatic rings. The number of carbonyl (C=O) groups excluding carboxylic acids is 4. The predicted octanol–water partition coefficient (Wildman–Crippen LogP) is 19.3. The van der Waals surface area contributed by atoms with E-state index in [1.165, 1.54) is 9.80 Å². The first-order valence-electron chi connectivity index (χ1n) is 27.7. The zero-order chi connectivity index (χ0) is 54.2. The van der Waals surface area contributed by atoms with Crippen LogP contribution in [0.1, 0.15) is 143 Å². The molecule has 0 atom stereocenters. The molecule has 0 fully saturated rings. The van der Waals surface area contributed by atoms with Crippen LogP contribution in [-0.2, 0) is 0 Å². The maximum atomic E-state index is 14.9. The monoisotopic (exact) mass is 1040 g/mol. The van der Waals surface area contributed by atoms with E-state index in [2.05, 4.69) is 152 Å². The van der Waals surface area contributed by atoms with Crippen LogP contribution in [0, 0.1) is 0 Å². The summed E-state index contributed by atoms with van der Waals surface area (Å²) in [5.41, 5.74) is 9.86. The summed E-state index contributed by atoms with van der Waals surface area (Å²) in [5, 5.41) is 16.4. The lowest BCUT2D eigenvalue weighted by molar-refractivity contribution is 0.0877. The maximum absolute atomic E-state index is 14.9. The van der Waals surface area contributed by atoms with Gasteiger partial charge in [-0.25, -0.2) is 9.80 Å². The summed E-state index contributed by atoms with van der Waals surface area (Å²) in [5.74, 6) is -0.674. The molecule has 1 aromatic heterocycles. The third-order valence-corrected chi connectivity index (χ3v) is 18.7. The fourth-order valence-corrected chi connectivity index (χ4v) is 15.1. The highest BCUT2D eigenvalue weighted by atomic mass is 32.1. The van der Waals surface area contributed by atoms with Crippen LogP contribution in [0.3, 0.4) is 0 Å². The number of nitrogens with zero attached hydrogens (tertiary/aromatic N) is 2. The summed E-state index contributed by atoms with van der Waals surface area (Å²) in [6.45, 7) is 16.9. The molecule has 4 amide bonds. The van der Waals surface area contributed by atoms with Crippen molar-refractivity contribution in [2.45, 2.75) is 79.1 Å². The predicted molar refractivity (Wildman–Crippen MR) is 329 cm³/mol. The van der Waals surface area contributed by atoms with Crippen molar-refractivity contribution in [2.75, 3.05) is 9.80 Å². The number of para-hydroxylation sites is 2. The van der Waals surface area contributed by atoms with Crippen LogP contribution in [0.25, 0.3) is 107 Å². The molecule has 6 nitrogen and oxygen atoms in total. The normalized spacial score (nSPS) is 14.1. The maximum Gasteiger partial charge on any atom is 0.266 e. The van der Waals surface area contributed by atoms with Gasteiger partial charge in [-0.15, -0.1) is 11.3 Å². The van der Waals surface area contributed by atoms with E-state index in [4.69, 9.17) is 0 Å². The number of rotatable bonds is 8. The van der Waals surface area contributed by atoms with Gasteiger partial charge in [0.15, 0.2) is 0 Å². The molecule has 7 heteroatoms. The minimum Gasteiger partial charge on any atom is -0.268 e. The van der Waals surface area contributed by atoms with E-state index in [1.54, 1.807) is 11.3 Å². The first kappa shape index (κ1) is 47.4. The van der Waals surface area contributed by atoms with Crippen LogP contribution in [0.4, 0.5) is 11.4 Å². The lowest BCUT2D eigenvalue weighted by atomic mass is 9.83. The SMILES string of the molecule is CC(C)c1cccc(C(C)C)c1N1C(=O)c2ccc3c4cccc5c(-c6ccc(-c7ccc8c9ccc%10c%11c(ccc(c%12cccc7c%128)c%119)C(=O)N(c7c(C(C)C)cccc7C(C)C)C%10=O)s6)ccc(c6ccc(c2c36)C1=O)c54. The first-order chi connectivity index (χ1) is 38.2. The van der Waals surface area contributed by atoms with Crippen LogP contribution in [0.15, 0.2) is 158 Å². The minimum absolute atomic E-state index is 0.112. The van der Waals surface area contributed by atoms with Gasteiger partial charge in [0.05, 0.1) is 11.4 Å². The van der Waals surface area contributed by atoms with Gasteiger partial charge in [0, 0.05) is 42.8 Å². The second kappa shape index (κ2) is 16.9. The zero-order valence-electron chi connectivity index (χ0n) is 45.3. The smallest absolute Gasteiger partial charge is 0.266 e. The Morgan fingerprint density at radius 1 is 0.266 bits per heavy atom. The lowest BCUT2D eigenvalue weighted by Gasteiger charge is -2.32. The van der Waals surface area contributed by atoms with Crippen molar-refractivity contribution in [1.82, 2.24) is 0 Å². The number of hydrogen-bond donors (Lipinski definition) is 0. The van der Waals surface area contributed by atoms with Gasteiger partial charge < -0.3 is 0 Å². The Hall–Kier alpha value is -8.78. The van der Waals surface area contributed by atoms with E-state index in [9.17, 15) is 19.2 Å². The molecule has 0 bridgehead atoms. The van der Waals surface area contributed by atoms with Gasteiger partial charge in [-0.05, 0) is 169 Å². The van der Waals surface area contributed by atoms with Gasteiger partial charge in [-0.1, -0.05) is 177 Å². The Labute approximate surface area is 461 Å². The Morgan fingerprint density at radius 3 is 0.823 bits per heavy atom. The topological polar surface area (TPSA) is 74.8 Å². The Balaban J connectivity index is 0.839. The largest absolute Gasteiger partial charge is 0.268 e. The number of anilines is 2. The first-order valence-corrected chi connectivity index (χ1v) is 28.5. The molecule has 0 saturated carbocycles. The van der Waals surface area contributed by atoms with Gasteiger partial charge >= 0.3 is 0 Å². The molecule has 0 unspecified atom stereocenters. The average Bonchev–Trinajstić information content (AvgIpc) is 2.63. The van der Waals surface area contributed by atoms with Gasteiger partial charge in [-0.3, -0.25) is 19.2 Å². The number of carbonyl (C=O) groups is 4. The van der Waals surface area contributed by atoms with E-state index >= 15 is 0 Å². The van der Waals surface area contributed by atoms with Crippen LogP contribution >= 0.6 is 11.3 Å². The summed E-state index contributed by atoms with van der Waals surface area (Å²) in [6, 6.07) is 54.8. The van der Waals surface area contributed by atoms with Gasteiger partial charge in [0.1, 0.15) is 0 Å². The summed E-state index contributed by atoms with van der Waals surface area (Å²) in [7, 11) is 0. The highest BCUT2D eigenvalue weighted by Crippen LogP contribution is 2.51. The molecular weight excluding hydrogens is 989 g/mol. The van der Waals surface area contributed by atoms with Crippen molar-refractivity contribution in [3.63, 3.8) is 0 Å². The molecule has 3 heterocycles. The van der Waals surface area contributed by atoms with E-state index in [0.29, 0.717) is 33.6 Å². The minimum atomic E-state index is -0.281. The quantitative estimate of drug-likeness (QED) is 0.0863. The number of benzene rings is 12. The van der Waals surface area contributed by atoms with Crippen LogP contribution in [0.2, 0.25) is 0 Å². The van der Waals surface area contributed by atoms with E-state index in [1.807, 2.05) is 60.7 Å². The van der Waals surface area contributed by atoms with Gasteiger partial charge in [-0.2, -0.15) is 0 Å². The lowest BCUT2D eigenvalue weighted by Crippen LogP contribution is -2.41. The highest BCUT2D eigenvalue weighted by Gasteiger charge is 2.40. The summed E-state index contributed by atoms with van der Waals surface area (Å²) in [6.07, 6.45) is 0. The number of amides is 4. The Morgan fingerprint density at radius 2 is 0.519 bits per heavy atom. The average molecular weight is 1040 g/mol. The van der Waals surface area contributed by atoms with Crippen LogP contribution in [0.5, 0.6) is 0 Å². The molecule has 0 spiro atoms. The molecule has 15 rings (SSSR count). The van der Waals surface area contributed by atoms with E-state index in [-0.39, 0.29) is 47.3 Å². The number of hydrogen-bond acceptors (Lipinski definition) is 5. The molecule has 0 saturated heterocycles. The third-order valence-electron chi connectivity index (χ3n) is 17.6. The molecular formula is C72H54N2O4S. The fourth-order valence-electron chi connectivity index (χ4n) is 14.0. The van der Waals surface area contributed by atoms with Crippen LogP contribution in [-0.4, -0.2) is 23.6 Å². The zero-order valence-corrected chi connectivity index (χ0v) is 46.1. The Kier molecular flexibility index (Phi) is 10.1. The van der Waals surface area contributed by atoms with E-state index in [0.717, 1.165) is 129 Å². The molecule has 0 N–H and O–H groups in total.